The van der Waals surface area contributed by atoms with Crippen LogP contribution in [0.25, 0.3) is 0 Å². The Balaban J connectivity index is 1.74. The highest BCUT2D eigenvalue weighted by Crippen LogP contribution is 2.34. The number of ether oxygens (including phenoxy) is 1. The highest BCUT2D eigenvalue weighted by Gasteiger charge is 2.22. The van der Waals surface area contributed by atoms with E-state index >= 15 is 0 Å². The lowest BCUT2D eigenvalue weighted by molar-refractivity contribution is 0.269. The number of rotatable bonds is 2. The van der Waals surface area contributed by atoms with Crippen LogP contribution < -0.4 is 15.8 Å². The molecule has 0 amide bonds. The Bertz CT molecular complexity index is 454. The lowest BCUT2D eigenvalue weighted by Crippen LogP contribution is -2.44. The smallest absolute Gasteiger partial charge is 0.189 e. The summed E-state index contributed by atoms with van der Waals surface area (Å²) in [6, 6.07) is 8.73. The zero-order valence-corrected chi connectivity index (χ0v) is 10.4. The molecule has 1 unspecified atom stereocenters. The van der Waals surface area contributed by atoms with E-state index in [0.29, 0.717) is 18.6 Å². The van der Waals surface area contributed by atoms with Gasteiger partial charge in [0.2, 0.25) is 0 Å². The highest BCUT2D eigenvalue weighted by molar-refractivity contribution is 5.78. The average Bonchev–Trinajstić information content (AvgIpc) is 2.34. The van der Waals surface area contributed by atoms with E-state index in [2.05, 4.69) is 16.4 Å². The highest BCUT2D eigenvalue weighted by atomic mass is 16.5. The molecule has 1 aromatic rings. The van der Waals surface area contributed by atoms with Gasteiger partial charge in [-0.25, -0.2) is 4.99 Å². The molecule has 4 heteroatoms. The molecule has 18 heavy (non-hydrogen) atoms. The van der Waals surface area contributed by atoms with Crippen LogP contribution in [-0.2, 0) is 0 Å². The quantitative estimate of drug-likeness (QED) is 0.618. The lowest BCUT2D eigenvalue weighted by Gasteiger charge is -2.28. The predicted molar refractivity (Wildman–Crippen MR) is 71.7 cm³/mol. The summed E-state index contributed by atoms with van der Waals surface area (Å²) >= 11 is 0. The minimum atomic E-state index is 0.127. The number of nitrogens with one attached hydrogen (secondary N) is 1. The van der Waals surface area contributed by atoms with Crippen molar-refractivity contribution in [2.45, 2.75) is 37.8 Å². The van der Waals surface area contributed by atoms with E-state index in [1.54, 1.807) is 0 Å². The molecule has 1 aliphatic carbocycles. The molecule has 96 valence electrons. The summed E-state index contributed by atoms with van der Waals surface area (Å²) in [5.74, 6) is 1.51. The van der Waals surface area contributed by atoms with Crippen molar-refractivity contribution in [1.29, 1.82) is 0 Å². The normalized spacial score (nSPS) is 23.8. The summed E-state index contributed by atoms with van der Waals surface area (Å²) < 4.78 is 5.62. The topological polar surface area (TPSA) is 59.6 Å². The van der Waals surface area contributed by atoms with Gasteiger partial charge in [0, 0.05) is 18.0 Å². The number of nitrogens with zero attached hydrogens (tertiary/aromatic N) is 1. The number of nitrogens with two attached hydrogens (primary N) is 1. The second kappa shape index (κ2) is 4.88. The van der Waals surface area contributed by atoms with Crippen LogP contribution in [0.15, 0.2) is 29.3 Å². The predicted octanol–water partition coefficient (Wildman–Crippen LogP) is 1.97. The van der Waals surface area contributed by atoms with Crippen molar-refractivity contribution in [2.24, 2.45) is 10.7 Å². The molecule has 0 saturated heterocycles. The molecular weight excluding hydrogens is 226 g/mol. The monoisotopic (exact) mass is 245 g/mol. The van der Waals surface area contributed by atoms with Crippen molar-refractivity contribution in [3.05, 3.63) is 29.8 Å². The molecule has 2 aliphatic rings. The third-order valence-electron chi connectivity index (χ3n) is 3.68. The van der Waals surface area contributed by atoms with Crippen LogP contribution in [0.3, 0.4) is 0 Å². The Hall–Kier alpha value is -1.71. The molecule has 3 N–H and O–H groups in total. The molecule has 1 aromatic carbocycles. The summed E-state index contributed by atoms with van der Waals surface area (Å²) in [5.41, 5.74) is 7.11. The minimum Gasteiger partial charge on any atom is -0.493 e. The Kier molecular flexibility index (Phi) is 3.09. The van der Waals surface area contributed by atoms with Gasteiger partial charge in [0.25, 0.3) is 0 Å². The van der Waals surface area contributed by atoms with Crippen LogP contribution in [0.2, 0.25) is 0 Å². The van der Waals surface area contributed by atoms with Crippen LogP contribution in [0, 0.1) is 0 Å². The molecule has 0 bridgehead atoms. The van der Waals surface area contributed by atoms with Gasteiger partial charge in [-0.1, -0.05) is 18.2 Å². The molecule has 0 spiro atoms. The number of para-hydroxylation sites is 1. The molecule has 1 aliphatic heterocycles. The average molecular weight is 245 g/mol. The SMILES string of the molecule is NC(=NC1CCOc2ccccc21)NC1CCC1. The maximum Gasteiger partial charge on any atom is 0.189 e. The summed E-state index contributed by atoms with van der Waals surface area (Å²) in [6.45, 7) is 0.710. The van der Waals surface area contributed by atoms with Crippen molar-refractivity contribution in [2.75, 3.05) is 6.61 Å². The fraction of sp³-hybridized carbons (Fsp3) is 0.500. The Morgan fingerprint density at radius 2 is 2.11 bits per heavy atom. The van der Waals surface area contributed by atoms with E-state index in [-0.39, 0.29) is 6.04 Å². The van der Waals surface area contributed by atoms with E-state index in [1.807, 2.05) is 18.2 Å². The van der Waals surface area contributed by atoms with Gasteiger partial charge in [0.05, 0.1) is 12.6 Å². The van der Waals surface area contributed by atoms with Crippen LogP contribution in [0.1, 0.15) is 37.3 Å². The van der Waals surface area contributed by atoms with Crippen molar-refractivity contribution >= 4 is 5.96 Å². The van der Waals surface area contributed by atoms with Gasteiger partial charge in [0.1, 0.15) is 5.75 Å². The summed E-state index contributed by atoms with van der Waals surface area (Å²) in [5, 5.41) is 3.28. The maximum atomic E-state index is 5.97. The molecule has 1 atom stereocenters. The summed E-state index contributed by atoms with van der Waals surface area (Å²) in [7, 11) is 0. The number of hydrogen-bond acceptors (Lipinski definition) is 2. The van der Waals surface area contributed by atoms with Crippen molar-refractivity contribution in [1.82, 2.24) is 5.32 Å². The Morgan fingerprint density at radius 3 is 2.89 bits per heavy atom. The molecule has 1 saturated carbocycles. The molecule has 1 heterocycles. The maximum absolute atomic E-state index is 5.97. The van der Waals surface area contributed by atoms with E-state index in [1.165, 1.54) is 19.3 Å². The lowest BCUT2D eigenvalue weighted by atomic mass is 9.93. The first-order valence-corrected chi connectivity index (χ1v) is 6.64. The van der Waals surface area contributed by atoms with Crippen LogP contribution in [-0.4, -0.2) is 18.6 Å². The first-order chi connectivity index (χ1) is 8.83. The van der Waals surface area contributed by atoms with Gasteiger partial charge in [-0.3, -0.25) is 0 Å². The standard InChI is InChI=1S/C14H19N3O/c15-14(16-10-4-3-5-10)17-12-8-9-18-13-7-2-1-6-11(12)13/h1-2,6-7,10,12H,3-5,8-9H2,(H3,15,16,17). The third-order valence-corrected chi connectivity index (χ3v) is 3.68. The fourth-order valence-electron chi connectivity index (χ4n) is 2.42. The molecule has 0 aromatic heterocycles. The number of fused-ring (bicyclic) bond motifs is 1. The van der Waals surface area contributed by atoms with Crippen LogP contribution in [0.4, 0.5) is 0 Å². The summed E-state index contributed by atoms with van der Waals surface area (Å²) in [6.07, 6.45) is 4.61. The minimum absolute atomic E-state index is 0.127. The van der Waals surface area contributed by atoms with E-state index in [0.717, 1.165) is 17.7 Å². The van der Waals surface area contributed by atoms with Gasteiger partial charge in [0.15, 0.2) is 5.96 Å². The van der Waals surface area contributed by atoms with Gasteiger partial charge in [-0.2, -0.15) is 0 Å². The first-order valence-electron chi connectivity index (χ1n) is 6.64. The van der Waals surface area contributed by atoms with E-state index < -0.39 is 0 Å². The number of hydrogen-bond donors (Lipinski definition) is 2. The summed E-state index contributed by atoms with van der Waals surface area (Å²) in [4.78, 5) is 4.60. The van der Waals surface area contributed by atoms with Crippen LogP contribution in [0.5, 0.6) is 5.75 Å². The molecule has 3 rings (SSSR count). The number of guanidine groups is 1. The second-order valence-electron chi connectivity index (χ2n) is 4.98. The van der Waals surface area contributed by atoms with Crippen molar-refractivity contribution in [3.8, 4) is 5.75 Å². The van der Waals surface area contributed by atoms with Gasteiger partial charge >= 0.3 is 0 Å². The molecule has 0 radical (unpaired) electrons. The number of aliphatic imine (C=N–C) groups is 1. The zero-order valence-electron chi connectivity index (χ0n) is 10.4. The van der Waals surface area contributed by atoms with Crippen molar-refractivity contribution < 1.29 is 4.74 Å². The molecule has 1 fully saturated rings. The fourth-order valence-corrected chi connectivity index (χ4v) is 2.42. The molecule has 4 nitrogen and oxygen atoms in total. The van der Waals surface area contributed by atoms with E-state index in [9.17, 15) is 0 Å². The van der Waals surface area contributed by atoms with Crippen LogP contribution >= 0.6 is 0 Å². The van der Waals surface area contributed by atoms with Gasteiger partial charge in [-0.15, -0.1) is 0 Å². The van der Waals surface area contributed by atoms with E-state index in [4.69, 9.17) is 10.5 Å². The Morgan fingerprint density at radius 1 is 1.28 bits per heavy atom. The van der Waals surface area contributed by atoms with Crippen molar-refractivity contribution in [3.63, 3.8) is 0 Å². The largest absolute Gasteiger partial charge is 0.493 e. The number of benzene rings is 1. The second-order valence-corrected chi connectivity index (χ2v) is 4.98. The first kappa shape index (κ1) is 11.4. The van der Waals surface area contributed by atoms with Gasteiger partial charge in [-0.05, 0) is 25.3 Å². The Labute approximate surface area is 107 Å². The zero-order chi connectivity index (χ0) is 12.4. The van der Waals surface area contributed by atoms with Gasteiger partial charge < -0.3 is 15.8 Å². The molecular formula is C14H19N3O. The third kappa shape index (κ3) is 2.28.